The highest BCUT2D eigenvalue weighted by atomic mass is 35.5. The van der Waals surface area contributed by atoms with E-state index in [1.807, 2.05) is 0 Å². The second kappa shape index (κ2) is 6.90. The molecule has 7 heteroatoms. The summed E-state index contributed by atoms with van der Waals surface area (Å²) < 4.78 is 38.8. The Bertz CT molecular complexity index is 451. The van der Waals surface area contributed by atoms with E-state index in [2.05, 4.69) is 4.72 Å². The first kappa shape index (κ1) is 16.3. The van der Waals surface area contributed by atoms with Crippen LogP contribution in [-0.4, -0.2) is 21.0 Å². The fraction of sp³-hybridized carbons (Fsp3) is 0.400. The highest BCUT2D eigenvalue weighted by molar-refractivity contribution is 7.89. The van der Waals surface area contributed by atoms with Crippen LogP contribution < -0.4 is 10.5 Å². The van der Waals surface area contributed by atoms with Gasteiger partial charge in [0.05, 0.1) is 0 Å². The summed E-state index contributed by atoms with van der Waals surface area (Å²) >= 11 is 0. The molecule has 0 aliphatic heterocycles. The Morgan fingerprint density at radius 2 is 2.00 bits per heavy atom. The van der Waals surface area contributed by atoms with E-state index in [0.717, 1.165) is 6.07 Å². The number of rotatable bonds is 5. The zero-order valence-electron chi connectivity index (χ0n) is 9.39. The number of nitrogens with one attached hydrogen (secondary N) is 1. The molecule has 0 aliphatic rings. The Balaban J connectivity index is 0.00000256. The van der Waals surface area contributed by atoms with Gasteiger partial charge in [-0.2, -0.15) is 0 Å². The second-order valence-corrected chi connectivity index (χ2v) is 5.33. The van der Waals surface area contributed by atoms with Gasteiger partial charge >= 0.3 is 0 Å². The lowest BCUT2D eigenvalue weighted by Crippen LogP contribution is -2.29. The third kappa shape index (κ3) is 4.99. The minimum absolute atomic E-state index is 0. The summed E-state index contributed by atoms with van der Waals surface area (Å²) in [5.74, 6) is -0.754. The van der Waals surface area contributed by atoms with Crippen LogP contribution in [0.5, 0.6) is 0 Å². The molecule has 17 heavy (non-hydrogen) atoms. The fourth-order valence-corrected chi connectivity index (χ4v) is 2.29. The van der Waals surface area contributed by atoms with Crippen LogP contribution in [0.2, 0.25) is 0 Å². The molecule has 0 saturated heterocycles. The van der Waals surface area contributed by atoms with Gasteiger partial charge in [-0.3, -0.25) is 0 Å². The van der Waals surface area contributed by atoms with E-state index in [-0.39, 0.29) is 29.9 Å². The Morgan fingerprint density at radius 1 is 1.41 bits per heavy atom. The summed E-state index contributed by atoms with van der Waals surface area (Å²) in [6.07, 6.45) is 0.508. The standard InChI is InChI=1S/C10H15FN2O2S.ClH/c1-8(12)6-7-13-16(14,15)10-5-3-2-4-9(10)11;/h2-5,8,13H,6-7,12H2,1H3;1H. The minimum Gasteiger partial charge on any atom is -0.328 e. The van der Waals surface area contributed by atoms with Crippen molar-refractivity contribution >= 4 is 22.4 Å². The van der Waals surface area contributed by atoms with Crippen LogP contribution in [-0.2, 0) is 10.0 Å². The maximum absolute atomic E-state index is 13.2. The van der Waals surface area contributed by atoms with E-state index in [1.54, 1.807) is 6.92 Å². The van der Waals surface area contributed by atoms with Crippen LogP contribution >= 0.6 is 12.4 Å². The molecule has 1 rings (SSSR count). The number of hydrogen-bond acceptors (Lipinski definition) is 3. The summed E-state index contributed by atoms with van der Waals surface area (Å²) in [5.41, 5.74) is 5.48. The molecule has 0 saturated carbocycles. The highest BCUT2D eigenvalue weighted by Gasteiger charge is 2.17. The monoisotopic (exact) mass is 282 g/mol. The van der Waals surface area contributed by atoms with Gasteiger partial charge in [-0.05, 0) is 25.5 Å². The average Bonchev–Trinajstić information content (AvgIpc) is 2.17. The van der Waals surface area contributed by atoms with Gasteiger partial charge in [0.15, 0.2) is 0 Å². The second-order valence-electron chi connectivity index (χ2n) is 3.59. The molecule has 1 atom stereocenters. The lowest BCUT2D eigenvalue weighted by Gasteiger charge is -2.08. The largest absolute Gasteiger partial charge is 0.328 e. The third-order valence-electron chi connectivity index (χ3n) is 2.02. The minimum atomic E-state index is -3.77. The van der Waals surface area contributed by atoms with Crippen molar-refractivity contribution in [3.05, 3.63) is 30.1 Å². The number of sulfonamides is 1. The highest BCUT2D eigenvalue weighted by Crippen LogP contribution is 2.12. The summed E-state index contributed by atoms with van der Waals surface area (Å²) in [5, 5.41) is 0. The van der Waals surface area contributed by atoms with Crippen molar-refractivity contribution in [1.29, 1.82) is 0 Å². The first-order valence-electron chi connectivity index (χ1n) is 4.93. The van der Waals surface area contributed by atoms with Crippen LogP contribution in [0.4, 0.5) is 4.39 Å². The number of nitrogens with two attached hydrogens (primary N) is 1. The van der Waals surface area contributed by atoms with E-state index >= 15 is 0 Å². The summed E-state index contributed by atoms with van der Waals surface area (Å²) in [6, 6.07) is 5.16. The van der Waals surface area contributed by atoms with Gasteiger partial charge in [-0.15, -0.1) is 12.4 Å². The van der Waals surface area contributed by atoms with E-state index < -0.39 is 15.8 Å². The van der Waals surface area contributed by atoms with Gasteiger partial charge in [-0.25, -0.2) is 17.5 Å². The molecular weight excluding hydrogens is 267 g/mol. The lowest BCUT2D eigenvalue weighted by molar-refractivity contribution is 0.551. The predicted molar refractivity (Wildman–Crippen MR) is 67.1 cm³/mol. The van der Waals surface area contributed by atoms with E-state index in [9.17, 15) is 12.8 Å². The molecule has 0 aromatic heterocycles. The molecule has 1 aromatic rings. The van der Waals surface area contributed by atoms with E-state index in [4.69, 9.17) is 5.73 Å². The lowest BCUT2D eigenvalue weighted by atomic mass is 10.3. The molecule has 0 spiro atoms. The van der Waals surface area contributed by atoms with Crippen molar-refractivity contribution in [3.8, 4) is 0 Å². The Kier molecular flexibility index (Phi) is 6.62. The number of benzene rings is 1. The molecule has 0 aliphatic carbocycles. The summed E-state index contributed by atoms with van der Waals surface area (Å²) in [7, 11) is -3.77. The molecule has 98 valence electrons. The SMILES string of the molecule is CC(N)CCNS(=O)(=O)c1ccccc1F.Cl. The quantitative estimate of drug-likeness (QED) is 0.854. The Labute approximate surface area is 107 Å². The number of halogens is 2. The fourth-order valence-electron chi connectivity index (χ4n) is 1.16. The molecule has 0 radical (unpaired) electrons. The Morgan fingerprint density at radius 3 is 2.53 bits per heavy atom. The summed E-state index contributed by atoms with van der Waals surface area (Å²) in [6.45, 7) is 1.98. The topological polar surface area (TPSA) is 72.2 Å². The van der Waals surface area contributed by atoms with Crippen LogP contribution in [0.1, 0.15) is 13.3 Å². The van der Waals surface area contributed by atoms with Gasteiger partial charge < -0.3 is 5.73 Å². The molecule has 0 fully saturated rings. The zero-order valence-corrected chi connectivity index (χ0v) is 11.0. The van der Waals surface area contributed by atoms with Crippen molar-refractivity contribution in [1.82, 2.24) is 4.72 Å². The number of hydrogen-bond donors (Lipinski definition) is 2. The maximum Gasteiger partial charge on any atom is 0.243 e. The zero-order chi connectivity index (χ0) is 12.2. The van der Waals surface area contributed by atoms with Crippen LogP contribution in [0, 0.1) is 5.82 Å². The molecular formula is C10H16ClFN2O2S. The van der Waals surface area contributed by atoms with Crippen LogP contribution in [0.3, 0.4) is 0 Å². The molecule has 1 aromatic carbocycles. The van der Waals surface area contributed by atoms with Gasteiger partial charge in [0.25, 0.3) is 0 Å². The normalized spacial score (nSPS) is 12.9. The van der Waals surface area contributed by atoms with Gasteiger partial charge in [0.2, 0.25) is 10.0 Å². The maximum atomic E-state index is 13.2. The van der Waals surface area contributed by atoms with Crippen molar-refractivity contribution in [3.63, 3.8) is 0 Å². The molecule has 0 bridgehead atoms. The molecule has 3 N–H and O–H groups in total. The van der Waals surface area contributed by atoms with Gasteiger partial charge in [0, 0.05) is 12.6 Å². The smallest absolute Gasteiger partial charge is 0.243 e. The van der Waals surface area contributed by atoms with Crippen LogP contribution in [0.15, 0.2) is 29.2 Å². The molecule has 4 nitrogen and oxygen atoms in total. The first-order chi connectivity index (χ1) is 7.43. The van der Waals surface area contributed by atoms with Crippen molar-refractivity contribution in [2.45, 2.75) is 24.3 Å². The van der Waals surface area contributed by atoms with Crippen molar-refractivity contribution in [2.75, 3.05) is 6.54 Å². The van der Waals surface area contributed by atoms with E-state index in [1.165, 1.54) is 18.2 Å². The van der Waals surface area contributed by atoms with Gasteiger partial charge in [-0.1, -0.05) is 12.1 Å². The first-order valence-corrected chi connectivity index (χ1v) is 6.41. The Hall–Kier alpha value is -0.690. The predicted octanol–water partition coefficient (Wildman–Crippen LogP) is 1.26. The summed E-state index contributed by atoms with van der Waals surface area (Å²) in [4.78, 5) is -0.334. The third-order valence-corrected chi connectivity index (χ3v) is 3.51. The average molecular weight is 283 g/mol. The molecule has 0 heterocycles. The molecule has 0 amide bonds. The van der Waals surface area contributed by atoms with Crippen molar-refractivity contribution < 1.29 is 12.8 Å². The van der Waals surface area contributed by atoms with Gasteiger partial charge in [0.1, 0.15) is 10.7 Å². The van der Waals surface area contributed by atoms with Crippen molar-refractivity contribution in [2.24, 2.45) is 5.73 Å². The van der Waals surface area contributed by atoms with E-state index in [0.29, 0.717) is 6.42 Å². The van der Waals surface area contributed by atoms with Crippen LogP contribution in [0.25, 0.3) is 0 Å². The molecule has 1 unspecified atom stereocenters.